The first-order chi connectivity index (χ1) is 20.2. The van der Waals surface area contributed by atoms with E-state index < -0.39 is 17.8 Å². The van der Waals surface area contributed by atoms with Crippen LogP contribution in [0.1, 0.15) is 75.4 Å². The molecule has 3 rings (SSSR count). The molecule has 0 spiro atoms. The maximum absolute atomic E-state index is 13.0. The van der Waals surface area contributed by atoms with Crippen molar-refractivity contribution in [3.05, 3.63) is 51.7 Å². The van der Waals surface area contributed by atoms with Gasteiger partial charge in [-0.3, -0.25) is 9.59 Å². The summed E-state index contributed by atoms with van der Waals surface area (Å²) in [4.78, 5) is 50.9. The molecule has 0 aliphatic carbocycles. The van der Waals surface area contributed by atoms with Gasteiger partial charge in [0.2, 0.25) is 5.91 Å². The van der Waals surface area contributed by atoms with Crippen LogP contribution in [0.15, 0.2) is 29.4 Å². The quantitative estimate of drug-likeness (QED) is 0.185. The molecular weight excluding hydrogens is 582 g/mol. The molecule has 0 fully saturated rings. The van der Waals surface area contributed by atoms with Gasteiger partial charge in [-0.2, -0.15) is 0 Å². The Kier molecular flexibility index (Phi) is 12.4. The average Bonchev–Trinajstić information content (AvgIpc) is 3.53. The molecule has 0 radical (unpaired) electrons. The minimum atomic E-state index is -0.635. The van der Waals surface area contributed by atoms with Gasteiger partial charge in [0.1, 0.15) is 15.6 Å². The molecule has 1 aromatic carbocycles. The summed E-state index contributed by atoms with van der Waals surface area (Å²) < 4.78 is 17.3. The van der Waals surface area contributed by atoms with E-state index in [-0.39, 0.29) is 46.9 Å². The van der Waals surface area contributed by atoms with Gasteiger partial charge < -0.3 is 29.4 Å². The molecule has 2 N–H and O–H groups in total. The number of methoxy groups -OCH3 is 1. The largest absolute Gasteiger partial charge is 0.497 e. The molecule has 2 amide bonds. The number of aromatic nitrogens is 3. The van der Waals surface area contributed by atoms with Gasteiger partial charge in [-0.25, -0.2) is 9.59 Å². The smallest absolute Gasteiger partial charge is 0.348 e. The lowest BCUT2D eigenvalue weighted by molar-refractivity contribution is -0.113. The molecule has 42 heavy (non-hydrogen) atoms. The monoisotopic (exact) mass is 617 g/mol. The van der Waals surface area contributed by atoms with Gasteiger partial charge in [0, 0.05) is 12.1 Å². The predicted molar refractivity (Wildman–Crippen MR) is 159 cm³/mol. The zero-order valence-corrected chi connectivity index (χ0v) is 25.9. The second-order valence-electron chi connectivity index (χ2n) is 8.86. The summed E-state index contributed by atoms with van der Waals surface area (Å²) in [5, 5.41) is 14.8. The van der Waals surface area contributed by atoms with Crippen molar-refractivity contribution in [1.82, 2.24) is 20.1 Å². The molecule has 3 aromatic rings. The molecule has 226 valence electrons. The summed E-state index contributed by atoms with van der Waals surface area (Å²) >= 11 is 2.14. The number of unbranched alkanes of at least 4 members (excludes halogenated alkanes) is 1. The lowest BCUT2D eigenvalue weighted by atomic mass is 10.1. The van der Waals surface area contributed by atoms with Gasteiger partial charge in [0.15, 0.2) is 11.0 Å². The second kappa shape index (κ2) is 15.9. The minimum Gasteiger partial charge on any atom is -0.497 e. The Labute approximate surface area is 252 Å². The van der Waals surface area contributed by atoms with Crippen LogP contribution in [0.2, 0.25) is 0 Å². The summed E-state index contributed by atoms with van der Waals surface area (Å²) in [7, 11) is 1.54. The van der Waals surface area contributed by atoms with Crippen molar-refractivity contribution in [2.45, 2.75) is 58.8 Å². The van der Waals surface area contributed by atoms with Crippen LogP contribution in [0.5, 0.6) is 5.75 Å². The van der Waals surface area contributed by atoms with Crippen LogP contribution in [0.25, 0.3) is 0 Å². The number of thioether (sulfide) groups is 1. The molecule has 0 saturated carbocycles. The van der Waals surface area contributed by atoms with E-state index >= 15 is 0 Å². The standard InChI is InChI=1S/C28H35N5O7S2/c1-6-9-13-33-20(15-29-24(35)18-11-10-12-19(14-18)38-5)31-32-28(33)41-16-21(34)30-25-22(26(36)39-7-2)17(4)23(42-25)27(37)40-8-3/h10-12,14H,6-9,13,15-16H2,1-5H3,(H,29,35)(H,30,34). The van der Waals surface area contributed by atoms with Crippen molar-refractivity contribution < 1.29 is 33.4 Å². The number of hydrogen-bond acceptors (Lipinski definition) is 11. The molecule has 12 nitrogen and oxygen atoms in total. The predicted octanol–water partition coefficient (Wildman–Crippen LogP) is 4.47. The summed E-state index contributed by atoms with van der Waals surface area (Å²) in [5.41, 5.74) is 0.973. The van der Waals surface area contributed by atoms with Crippen LogP contribution < -0.4 is 15.4 Å². The van der Waals surface area contributed by atoms with E-state index in [1.54, 1.807) is 45.0 Å². The molecule has 0 bridgehead atoms. The molecule has 14 heteroatoms. The Morgan fingerprint density at radius 2 is 1.79 bits per heavy atom. The molecule has 0 aliphatic rings. The topological polar surface area (TPSA) is 151 Å². The van der Waals surface area contributed by atoms with E-state index in [4.69, 9.17) is 14.2 Å². The number of rotatable bonds is 15. The van der Waals surface area contributed by atoms with E-state index in [9.17, 15) is 19.2 Å². The van der Waals surface area contributed by atoms with Crippen molar-refractivity contribution in [1.29, 1.82) is 0 Å². The Morgan fingerprint density at radius 1 is 1.05 bits per heavy atom. The Balaban J connectivity index is 1.72. The first kappa shape index (κ1) is 32.6. The summed E-state index contributed by atoms with van der Waals surface area (Å²) in [5.74, 6) is -0.789. The van der Waals surface area contributed by atoms with E-state index in [0.717, 1.165) is 24.2 Å². The average molecular weight is 618 g/mol. The van der Waals surface area contributed by atoms with Gasteiger partial charge in [-0.15, -0.1) is 21.5 Å². The number of benzene rings is 1. The van der Waals surface area contributed by atoms with Crippen LogP contribution in [0.3, 0.4) is 0 Å². The zero-order chi connectivity index (χ0) is 30.6. The van der Waals surface area contributed by atoms with Crippen molar-refractivity contribution in [2.75, 3.05) is 31.4 Å². The molecule has 0 aliphatic heterocycles. The van der Waals surface area contributed by atoms with Gasteiger partial charge in [-0.1, -0.05) is 31.2 Å². The highest BCUT2D eigenvalue weighted by atomic mass is 32.2. The highest BCUT2D eigenvalue weighted by molar-refractivity contribution is 7.99. The van der Waals surface area contributed by atoms with Crippen molar-refractivity contribution in [3.8, 4) is 5.75 Å². The summed E-state index contributed by atoms with van der Waals surface area (Å²) in [6.45, 7) is 8.11. The third kappa shape index (κ3) is 8.32. The fraction of sp³-hybridized carbons (Fsp3) is 0.429. The Bertz CT molecular complexity index is 1420. The Hall–Kier alpha value is -3.91. The van der Waals surface area contributed by atoms with Crippen LogP contribution >= 0.6 is 23.1 Å². The highest BCUT2D eigenvalue weighted by Crippen LogP contribution is 2.34. The third-order valence-electron chi connectivity index (χ3n) is 5.94. The first-order valence-corrected chi connectivity index (χ1v) is 15.3. The number of hydrogen-bond donors (Lipinski definition) is 2. The number of nitrogens with zero attached hydrogens (tertiary/aromatic N) is 3. The van der Waals surface area contributed by atoms with Crippen molar-refractivity contribution in [2.24, 2.45) is 0 Å². The number of ether oxygens (including phenoxy) is 3. The van der Waals surface area contributed by atoms with Gasteiger partial charge in [-0.05, 0) is 51.0 Å². The SMILES string of the molecule is CCCCn1c(CNC(=O)c2cccc(OC)c2)nnc1SCC(=O)Nc1sc(C(=O)OCC)c(C)c1C(=O)OCC. The lowest BCUT2D eigenvalue weighted by Gasteiger charge is -2.11. The number of thiophene rings is 1. The number of amides is 2. The van der Waals surface area contributed by atoms with E-state index in [1.165, 1.54) is 18.9 Å². The maximum atomic E-state index is 13.0. The van der Waals surface area contributed by atoms with E-state index in [2.05, 4.69) is 27.8 Å². The van der Waals surface area contributed by atoms with Crippen molar-refractivity contribution in [3.63, 3.8) is 0 Å². The molecule has 0 atom stereocenters. The normalized spacial score (nSPS) is 10.7. The van der Waals surface area contributed by atoms with E-state index in [1.807, 2.05) is 4.57 Å². The fourth-order valence-corrected chi connectivity index (χ4v) is 5.75. The van der Waals surface area contributed by atoms with Gasteiger partial charge in [0.25, 0.3) is 5.91 Å². The van der Waals surface area contributed by atoms with Crippen molar-refractivity contribution >= 4 is 51.9 Å². The van der Waals surface area contributed by atoms with Crippen LogP contribution in [-0.2, 0) is 27.4 Å². The van der Waals surface area contributed by atoms with Crippen LogP contribution in [0, 0.1) is 6.92 Å². The number of carbonyl (C=O) groups is 4. The molecule has 0 unspecified atom stereocenters. The molecular formula is C28H35N5O7S2. The summed E-state index contributed by atoms with van der Waals surface area (Å²) in [6.07, 6.45) is 1.78. The first-order valence-electron chi connectivity index (χ1n) is 13.5. The van der Waals surface area contributed by atoms with Gasteiger partial charge in [0.05, 0.1) is 38.2 Å². The zero-order valence-electron chi connectivity index (χ0n) is 24.3. The number of carbonyl (C=O) groups excluding carboxylic acids is 4. The van der Waals surface area contributed by atoms with Crippen LogP contribution in [-0.4, -0.2) is 64.6 Å². The number of nitrogens with one attached hydrogen (secondary N) is 2. The van der Waals surface area contributed by atoms with E-state index in [0.29, 0.717) is 34.4 Å². The maximum Gasteiger partial charge on any atom is 0.348 e. The molecule has 2 aromatic heterocycles. The third-order valence-corrected chi connectivity index (χ3v) is 8.09. The number of esters is 2. The fourth-order valence-electron chi connectivity index (χ4n) is 3.86. The van der Waals surface area contributed by atoms with Crippen LogP contribution in [0.4, 0.5) is 5.00 Å². The number of anilines is 1. The lowest BCUT2D eigenvalue weighted by Crippen LogP contribution is -2.25. The summed E-state index contributed by atoms with van der Waals surface area (Å²) in [6, 6.07) is 6.84. The second-order valence-corrected chi connectivity index (χ2v) is 10.8. The molecule has 2 heterocycles. The van der Waals surface area contributed by atoms with Gasteiger partial charge >= 0.3 is 11.9 Å². The minimum absolute atomic E-state index is 0.0334. The highest BCUT2D eigenvalue weighted by Gasteiger charge is 2.27. The molecule has 0 saturated heterocycles. The Morgan fingerprint density at radius 3 is 2.48 bits per heavy atom.